The van der Waals surface area contributed by atoms with E-state index in [0.29, 0.717) is 6.54 Å². The molecular weight excluding hydrogens is 206 g/mol. The molecule has 1 unspecified atom stereocenters. The first kappa shape index (κ1) is 12.7. The van der Waals surface area contributed by atoms with Gasteiger partial charge in [0.1, 0.15) is 0 Å². The fourth-order valence-electron chi connectivity index (χ4n) is 1.52. The minimum absolute atomic E-state index is 0.322. The Labute approximate surface area is 95.7 Å². The Morgan fingerprint density at radius 1 is 1.62 bits per heavy atom. The summed E-state index contributed by atoms with van der Waals surface area (Å²) in [5.74, 6) is -1.06. The van der Waals surface area contributed by atoms with E-state index < -0.39 is 5.97 Å². The fourth-order valence-corrected chi connectivity index (χ4v) is 1.52. The SMILES string of the molecule is CCN(CCn1cccn1)CC(C)C(=O)O. The second-order valence-corrected chi connectivity index (χ2v) is 3.90. The van der Waals surface area contributed by atoms with Gasteiger partial charge in [-0.2, -0.15) is 5.10 Å². The van der Waals surface area contributed by atoms with Crippen LogP contribution >= 0.6 is 0 Å². The third-order valence-electron chi connectivity index (χ3n) is 2.61. The lowest BCUT2D eigenvalue weighted by atomic mass is 10.2. The zero-order valence-electron chi connectivity index (χ0n) is 9.83. The van der Waals surface area contributed by atoms with Crippen molar-refractivity contribution in [3.63, 3.8) is 0 Å². The maximum absolute atomic E-state index is 10.7. The van der Waals surface area contributed by atoms with Gasteiger partial charge in [-0.1, -0.05) is 13.8 Å². The molecule has 1 atom stereocenters. The Hall–Kier alpha value is -1.36. The van der Waals surface area contributed by atoms with Crippen LogP contribution in [-0.4, -0.2) is 45.4 Å². The highest BCUT2D eigenvalue weighted by molar-refractivity contribution is 5.69. The van der Waals surface area contributed by atoms with Crippen molar-refractivity contribution in [2.75, 3.05) is 19.6 Å². The van der Waals surface area contributed by atoms with Gasteiger partial charge in [0.25, 0.3) is 0 Å². The Bertz CT molecular complexity index is 311. The molecule has 0 bridgehead atoms. The average Bonchev–Trinajstić information content (AvgIpc) is 2.76. The summed E-state index contributed by atoms with van der Waals surface area (Å²) in [4.78, 5) is 12.9. The largest absolute Gasteiger partial charge is 0.481 e. The molecule has 1 aromatic rings. The highest BCUT2D eigenvalue weighted by Crippen LogP contribution is 2.00. The molecule has 5 nitrogen and oxygen atoms in total. The topological polar surface area (TPSA) is 58.4 Å². The van der Waals surface area contributed by atoms with Crippen LogP contribution in [0.3, 0.4) is 0 Å². The number of aromatic nitrogens is 2. The molecule has 16 heavy (non-hydrogen) atoms. The number of nitrogens with zero attached hydrogens (tertiary/aromatic N) is 3. The summed E-state index contributed by atoms with van der Waals surface area (Å²) < 4.78 is 1.86. The summed E-state index contributed by atoms with van der Waals surface area (Å²) in [5.41, 5.74) is 0. The minimum atomic E-state index is -0.738. The highest BCUT2D eigenvalue weighted by atomic mass is 16.4. The Morgan fingerprint density at radius 3 is 2.88 bits per heavy atom. The second-order valence-electron chi connectivity index (χ2n) is 3.90. The summed E-state index contributed by atoms with van der Waals surface area (Å²) in [6, 6.07) is 1.89. The molecule has 0 aliphatic heterocycles. The molecular formula is C11H19N3O2. The predicted molar refractivity (Wildman–Crippen MR) is 61.1 cm³/mol. The predicted octanol–water partition coefficient (Wildman–Crippen LogP) is 0.926. The van der Waals surface area contributed by atoms with Gasteiger partial charge in [0, 0.05) is 25.5 Å². The fraction of sp³-hybridized carbons (Fsp3) is 0.636. The number of carbonyl (C=O) groups is 1. The van der Waals surface area contributed by atoms with Crippen LogP contribution in [0.15, 0.2) is 18.5 Å². The van der Waals surface area contributed by atoms with Crippen molar-refractivity contribution in [1.29, 1.82) is 0 Å². The van der Waals surface area contributed by atoms with Crippen LogP contribution in [0.25, 0.3) is 0 Å². The van der Waals surface area contributed by atoms with Gasteiger partial charge >= 0.3 is 5.97 Å². The van der Waals surface area contributed by atoms with E-state index in [2.05, 4.69) is 10.00 Å². The number of carboxylic acids is 1. The first-order valence-electron chi connectivity index (χ1n) is 5.56. The van der Waals surface area contributed by atoms with E-state index >= 15 is 0 Å². The van der Waals surface area contributed by atoms with E-state index in [1.807, 2.05) is 23.9 Å². The lowest BCUT2D eigenvalue weighted by Gasteiger charge is -2.22. The first-order valence-corrected chi connectivity index (χ1v) is 5.56. The zero-order chi connectivity index (χ0) is 12.0. The molecule has 1 aromatic heterocycles. The van der Waals surface area contributed by atoms with E-state index in [0.717, 1.165) is 19.6 Å². The second kappa shape index (κ2) is 6.27. The van der Waals surface area contributed by atoms with Gasteiger partial charge < -0.3 is 10.0 Å². The van der Waals surface area contributed by atoms with Crippen LogP contribution in [0.4, 0.5) is 0 Å². The maximum Gasteiger partial charge on any atom is 0.307 e. The molecule has 0 aliphatic carbocycles. The Balaban J connectivity index is 2.34. The van der Waals surface area contributed by atoms with E-state index in [1.54, 1.807) is 13.1 Å². The molecule has 90 valence electrons. The molecule has 0 aliphatic rings. The molecule has 0 amide bonds. The summed E-state index contributed by atoms with van der Waals surface area (Å²) in [5, 5.41) is 12.9. The van der Waals surface area contributed by atoms with E-state index in [4.69, 9.17) is 5.11 Å². The molecule has 0 radical (unpaired) electrons. The van der Waals surface area contributed by atoms with Crippen LogP contribution in [0.5, 0.6) is 0 Å². The van der Waals surface area contributed by atoms with Crippen LogP contribution in [0, 0.1) is 5.92 Å². The molecule has 0 saturated heterocycles. The molecule has 0 spiro atoms. The van der Waals surface area contributed by atoms with Crippen molar-refractivity contribution in [2.24, 2.45) is 5.92 Å². The number of rotatable bonds is 7. The summed E-state index contributed by atoms with van der Waals surface area (Å²) >= 11 is 0. The third-order valence-corrected chi connectivity index (χ3v) is 2.61. The van der Waals surface area contributed by atoms with Gasteiger partial charge in [-0.05, 0) is 12.6 Å². The lowest BCUT2D eigenvalue weighted by Crippen LogP contribution is -2.34. The van der Waals surface area contributed by atoms with Crippen LogP contribution in [0.2, 0.25) is 0 Å². The number of hydrogen-bond donors (Lipinski definition) is 1. The average molecular weight is 225 g/mol. The van der Waals surface area contributed by atoms with Crippen molar-refractivity contribution in [3.05, 3.63) is 18.5 Å². The smallest absolute Gasteiger partial charge is 0.307 e. The van der Waals surface area contributed by atoms with Crippen molar-refractivity contribution in [3.8, 4) is 0 Å². The summed E-state index contributed by atoms with van der Waals surface area (Å²) in [7, 11) is 0. The number of likely N-dealkylation sites (N-methyl/N-ethyl adjacent to an activating group) is 1. The van der Waals surface area contributed by atoms with E-state index in [-0.39, 0.29) is 5.92 Å². The number of carboxylic acid groups (broad SMARTS) is 1. The number of hydrogen-bond acceptors (Lipinski definition) is 3. The minimum Gasteiger partial charge on any atom is -0.481 e. The van der Waals surface area contributed by atoms with Gasteiger partial charge in [-0.15, -0.1) is 0 Å². The molecule has 0 aromatic carbocycles. The van der Waals surface area contributed by atoms with Gasteiger partial charge in [0.15, 0.2) is 0 Å². The lowest BCUT2D eigenvalue weighted by molar-refractivity contribution is -0.141. The van der Waals surface area contributed by atoms with Crippen molar-refractivity contribution in [2.45, 2.75) is 20.4 Å². The van der Waals surface area contributed by atoms with Crippen molar-refractivity contribution >= 4 is 5.97 Å². The maximum atomic E-state index is 10.7. The van der Waals surface area contributed by atoms with Crippen molar-refractivity contribution < 1.29 is 9.90 Å². The number of aliphatic carboxylic acids is 1. The molecule has 1 heterocycles. The van der Waals surface area contributed by atoms with Crippen LogP contribution in [0.1, 0.15) is 13.8 Å². The zero-order valence-corrected chi connectivity index (χ0v) is 9.83. The summed E-state index contributed by atoms with van der Waals surface area (Å²) in [6.07, 6.45) is 3.66. The van der Waals surface area contributed by atoms with Gasteiger partial charge in [-0.3, -0.25) is 9.48 Å². The standard InChI is InChI=1S/C11H19N3O2/c1-3-13(9-10(2)11(15)16)7-8-14-6-4-5-12-14/h4-6,10H,3,7-9H2,1-2H3,(H,15,16). The molecule has 0 saturated carbocycles. The Kier molecular flexibility index (Phi) is 4.98. The van der Waals surface area contributed by atoms with E-state index in [1.165, 1.54) is 0 Å². The van der Waals surface area contributed by atoms with Gasteiger partial charge in [0.2, 0.25) is 0 Å². The van der Waals surface area contributed by atoms with Crippen molar-refractivity contribution in [1.82, 2.24) is 14.7 Å². The van der Waals surface area contributed by atoms with Gasteiger partial charge in [0.05, 0.1) is 12.5 Å². The molecule has 0 fully saturated rings. The molecule has 1 rings (SSSR count). The Morgan fingerprint density at radius 2 is 2.38 bits per heavy atom. The molecule has 5 heteroatoms. The normalized spacial score (nSPS) is 12.9. The monoisotopic (exact) mass is 225 g/mol. The van der Waals surface area contributed by atoms with Gasteiger partial charge in [-0.25, -0.2) is 0 Å². The van der Waals surface area contributed by atoms with E-state index in [9.17, 15) is 4.79 Å². The summed E-state index contributed by atoms with van der Waals surface area (Å²) in [6.45, 7) is 6.85. The first-order chi connectivity index (χ1) is 7.63. The third kappa shape index (κ3) is 4.02. The molecule has 1 N–H and O–H groups in total. The quantitative estimate of drug-likeness (QED) is 0.750. The van der Waals surface area contributed by atoms with Crippen LogP contribution in [-0.2, 0) is 11.3 Å². The van der Waals surface area contributed by atoms with Crippen LogP contribution < -0.4 is 0 Å². The highest BCUT2D eigenvalue weighted by Gasteiger charge is 2.14.